The van der Waals surface area contributed by atoms with Gasteiger partial charge in [-0.15, -0.1) is 0 Å². The van der Waals surface area contributed by atoms with Gasteiger partial charge in [0.1, 0.15) is 0 Å². The predicted octanol–water partition coefficient (Wildman–Crippen LogP) is 6.19. The molecule has 1 aliphatic heterocycles. The van der Waals surface area contributed by atoms with Crippen LogP contribution in [0, 0.1) is 20.8 Å². The maximum atomic E-state index is 13.8. The van der Waals surface area contributed by atoms with E-state index in [1.54, 1.807) is 0 Å². The lowest BCUT2D eigenvalue weighted by atomic mass is 9.91. The minimum absolute atomic E-state index is 0.143. The van der Waals surface area contributed by atoms with Crippen molar-refractivity contribution in [3.8, 4) is 11.1 Å². The smallest absolute Gasteiger partial charge is 0.253 e. The second-order valence-corrected chi connectivity index (χ2v) is 13.0. The van der Waals surface area contributed by atoms with Crippen LogP contribution in [0.2, 0.25) is 0 Å². The van der Waals surface area contributed by atoms with E-state index in [-0.39, 0.29) is 18.0 Å². The van der Waals surface area contributed by atoms with Crippen molar-refractivity contribution in [1.29, 1.82) is 0 Å². The molecule has 0 radical (unpaired) electrons. The molecule has 7 nitrogen and oxygen atoms in total. The molecule has 236 valence electrons. The third-order valence-corrected chi connectivity index (χ3v) is 9.72. The molecule has 1 amide bonds. The van der Waals surface area contributed by atoms with Crippen LogP contribution in [0.5, 0.6) is 0 Å². The molecule has 1 aliphatic carbocycles. The second kappa shape index (κ2) is 14.6. The van der Waals surface area contributed by atoms with Crippen LogP contribution >= 0.6 is 0 Å². The van der Waals surface area contributed by atoms with Crippen molar-refractivity contribution in [1.82, 2.24) is 20.1 Å². The number of nitrogens with one attached hydrogen (secondary N) is 2. The molecular formula is C37H51N5O2. The molecule has 0 unspecified atom stereocenters. The highest BCUT2D eigenvalue weighted by molar-refractivity contribution is 5.99. The van der Waals surface area contributed by atoms with Crippen LogP contribution in [0.25, 0.3) is 11.1 Å². The van der Waals surface area contributed by atoms with E-state index in [2.05, 4.69) is 76.2 Å². The number of aromatic nitrogens is 1. The van der Waals surface area contributed by atoms with Crippen LogP contribution in [0.1, 0.15) is 83.8 Å². The van der Waals surface area contributed by atoms with Crippen molar-refractivity contribution in [2.24, 2.45) is 0 Å². The summed E-state index contributed by atoms with van der Waals surface area (Å²) in [6.07, 6.45) is 7.40. The fraction of sp³-hybridized carbons (Fsp3) is 0.514. The summed E-state index contributed by atoms with van der Waals surface area (Å²) in [6, 6.07) is 15.7. The SMILES string of the molecule is CCN(c1cc(-c2ccc(CN3CCCN(C)CC3)cc2)cc(C(=O)NCc2c(C)cc(C)[nH]c2=O)c1C)C1CCCCC1. The van der Waals surface area contributed by atoms with Gasteiger partial charge in [0.25, 0.3) is 11.5 Å². The summed E-state index contributed by atoms with van der Waals surface area (Å²) in [5.41, 5.74) is 8.47. The summed E-state index contributed by atoms with van der Waals surface area (Å²) in [4.78, 5) is 36.8. The van der Waals surface area contributed by atoms with Gasteiger partial charge in [0, 0.05) is 61.3 Å². The van der Waals surface area contributed by atoms with Crippen molar-refractivity contribution >= 4 is 11.6 Å². The molecule has 1 saturated carbocycles. The van der Waals surface area contributed by atoms with Gasteiger partial charge in [-0.1, -0.05) is 43.5 Å². The Labute approximate surface area is 263 Å². The standard InChI is InChI=1S/C37H51N5O2/c1-6-42(32-11-8-7-9-12-32)35-23-31(30-15-13-29(14-16-30)25-41-18-10-17-40(5)19-20-41)22-33(28(35)4)36(43)38-24-34-26(2)21-27(3)39-37(34)44/h13-16,21-23,32H,6-12,17-20,24-25H2,1-5H3,(H,38,43)(H,39,44). The highest BCUT2D eigenvalue weighted by Gasteiger charge is 2.25. The topological polar surface area (TPSA) is 71.7 Å². The first-order chi connectivity index (χ1) is 21.2. The van der Waals surface area contributed by atoms with Crippen LogP contribution < -0.4 is 15.8 Å². The number of pyridine rings is 1. The number of amides is 1. The molecule has 2 fully saturated rings. The number of anilines is 1. The van der Waals surface area contributed by atoms with Gasteiger partial charge in [-0.25, -0.2) is 0 Å². The number of carbonyl (C=O) groups excluding carboxylic acids is 1. The van der Waals surface area contributed by atoms with E-state index in [0.29, 0.717) is 17.2 Å². The number of hydrogen-bond donors (Lipinski definition) is 2. The van der Waals surface area contributed by atoms with Gasteiger partial charge in [0.05, 0.1) is 0 Å². The number of hydrogen-bond acceptors (Lipinski definition) is 5. The third-order valence-electron chi connectivity index (χ3n) is 9.72. The maximum Gasteiger partial charge on any atom is 0.253 e. The summed E-state index contributed by atoms with van der Waals surface area (Å²) < 4.78 is 0. The predicted molar refractivity (Wildman–Crippen MR) is 182 cm³/mol. The van der Waals surface area contributed by atoms with Gasteiger partial charge in [0.2, 0.25) is 0 Å². The molecule has 0 bridgehead atoms. The van der Waals surface area contributed by atoms with Gasteiger partial charge in [-0.05, 0) is 113 Å². The zero-order valence-electron chi connectivity index (χ0n) is 27.5. The average Bonchev–Trinajstić information content (AvgIpc) is 3.22. The number of H-pyrrole nitrogens is 1. The summed E-state index contributed by atoms with van der Waals surface area (Å²) in [7, 11) is 2.21. The number of carbonyl (C=O) groups is 1. The van der Waals surface area contributed by atoms with Crippen LogP contribution in [0.3, 0.4) is 0 Å². The Morgan fingerprint density at radius 1 is 0.932 bits per heavy atom. The quantitative estimate of drug-likeness (QED) is 0.308. The number of nitrogens with zero attached hydrogens (tertiary/aromatic N) is 3. The van der Waals surface area contributed by atoms with Crippen molar-refractivity contribution in [2.45, 2.75) is 85.4 Å². The number of aryl methyl sites for hydroxylation is 2. The largest absolute Gasteiger partial charge is 0.369 e. The van der Waals surface area contributed by atoms with Crippen molar-refractivity contribution in [3.63, 3.8) is 0 Å². The lowest BCUT2D eigenvalue weighted by Crippen LogP contribution is -2.37. The molecule has 44 heavy (non-hydrogen) atoms. The summed E-state index contributed by atoms with van der Waals surface area (Å²) in [6.45, 7) is 14.7. The molecule has 3 aromatic rings. The van der Waals surface area contributed by atoms with E-state index in [1.807, 2.05) is 26.0 Å². The Bertz CT molecular complexity index is 1490. The van der Waals surface area contributed by atoms with Crippen molar-refractivity contribution < 1.29 is 4.79 Å². The van der Waals surface area contributed by atoms with Gasteiger partial charge in [-0.2, -0.15) is 0 Å². The second-order valence-electron chi connectivity index (χ2n) is 13.0. The van der Waals surface area contributed by atoms with E-state index < -0.39 is 0 Å². The molecule has 0 spiro atoms. The Kier molecular flexibility index (Phi) is 10.6. The molecule has 7 heteroatoms. The lowest BCUT2D eigenvalue weighted by Gasteiger charge is -2.37. The molecule has 5 rings (SSSR count). The number of aromatic amines is 1. The average molecular weight is 598 g/mol. The molecule has 2 aromatic carbocycles. The lowest BCUT2D eigenvalue weighted by molar-refractivity contribution is 0.0950. The molecule has 2 aliphatic rings. The maximum absolute atomic E-state index is 13.8. The minimum Gasteiger partial charge on any atom is -0.369 e. The fourth-order valence-electron chi connectivity index (χ4n) is 7.10. The zero-order chi connectivity index (χ0) is 31.2. The van der Waals surface area contributed by atoms with Gasteiger partial charge in [0.15, 0.2) is 0 Å². The summed E-state index contributed by atoms with van der Waals surface area (Å²) in [5.74, 6) is -0.146. The Morgan fingerprint density at radius 2 is 1.68 bits per heavy atom. The summed E-state index contributed by atoms with van der Waals surface area (Å²) in [5, 5.41) is 3.08. The first kappa shape index (κ1) is 32.0. The fourth-order valence-corrected chi connectivity index (χ4v) is 7.10. The van der Waals surface area contributed by atoms with E-state index in [1.165, 1.54) is 44.1 Å². The van der Waals surface area contributed by atoms with E-state index >= 15 is 0 Å². The Morgan fingerprint density at radius 3 is 2.39 bits per heavy atom. The minimum atomic E-state index is -0.146. The first-order valence-electron chi connectivity index (χ1n) is 16.6. The zero-order valence-corrected chi connectivity index (χ0v) is 27.5. The van der Waals surface area contributed by atoms with Crippen LogP contribution in [-0.4, -0.2) is 66.5 Å². The first-order valence-corrected chi connectivity index (χ1v) is 16.6. The van der Waals surface area contributed by atoms with Gasteiger partial charge >= 0.3 is 0 Å². The van der Waals surface area contributed by atoms with Crippen LogP contribution in [0.15, 0.2) is 47.3 Å². The molecule has 0 atom stereocenters. The normalized spacial score (nSPS) is 16.9. The molecular weight excluding hydrogens is 546 g/mol. The van der Waals surface area contributed by atoms with Crippen molar-refractivity contribution in [3.05, 3.63) is 86.3 Å². The molecule has 2 N–H and O–H groups in total. The highest BCUT2D eigenvalue weighted by Crippen LogP contribution is 2.35. The number of likely N-dealkylation sites (N-methyl/N-ethyl adjacent to an activating group) is 1. The van der Waals surface area contributed by atoms with Crippen molar-refractivity contribution in [2.75, 3.05) is 44.7 Å². The van der Waals surface area contributed by atoms with E-state index in [0.717, 1.165) is 72.9 Å². The summed E-state index contributed by atoms with van der Waals surface area (Å²) >= 11 is 0. The van der Waals surface area contributed by atoms with Gasteiger partial charge in [-0.3, -0.25) is 14.5 Å². The van der Waals surface area contributed by atoms with Gasteiger partial charge < -0.3 is 20.1 Å². The monoisotopic (exact) mass is 597 g/mol. The Balaban J connectivity index is 1.44. The van der Waals surface area contributed by atoms with E-state index in [4.69, 9.17) is 0 Å². The molecule has 1 aromatic heterocycles. The molecule has 1 saturated heterocycles. The van der Waals surface area contributed by atoms with Crippen LogP contribution in [-0.2, 0) is 13.1 Å². The number of rotatable bonds is 9. The Hall–Kier alpha value is -3.42. The molecule has 2 heterocycles. The van der Waals surface area contributed by atoms with Crippen LogP contribution in [0.4, 0.5) is 5.69 Å². The highest BCUT2D eigenvalue weighted by atomic mass is 16.1. The van der Waals surface area contributed by atoms with E-state index in [9.17, 15) is 9.59 Å². The number of benzene rings is 2. The third kappa shape index (κ3) is 7.62.